The molecule has 0 fully saturated rings. The van der Waals surface area contributed by atoms with E-state index in [0.717, 1.165) is 54.6 Å². The number of rotatable bonds is 8. The minimum atomic E-state index is -0.332. The summed E-state index contributed by atoms with van der Waals surface area (Å²) in [5, 5.41) is 6.10. The first kappa shape index (κ1) is 29.2. The average Bonchev–Trinajstić information content (AvgIpc) is 3.39. The van der Waals surface area contributed by atoms with Crippen LogP contribution >= 0.6 is 0 Å². The van der Waals surface area contributed by atoms with Crippen LogP contribution in [-0.2, 0) is 0 Å². The zero-order chi connectivity index (χ0) is 46.6. The zero-order valence-corrected chi connectivity index (χ0v) is 33.1. The maximum absolute atomic E-state index is 10.0. The molecule has 0 atom stereocenters. The maximum atomic E-state index is 10.0. The van der Waals surface area contributed by atoms with Crippen molar-refractivity contribution in [3.05, 3.63) is 249 Å². The van der Waals surface area contributed by atoms with Gasteiger partial charge in [0.25, 0.3) is 0 Å². The molecule has 0 saturated carbocycles. The summed E-state index contributed by atoms with van der Waals surface area (Å²) in [6.07, 6.45) is 0. The summed E-state index contributed by atoms with van der Waals surface area (Å²) in [6, 6.07) is 64.8. The van der Waals surface area contributed by atoms with Gasteiger partial charge in [0.2, 0.25) is 0 Å². The highest BCUT2D eigenvalue weighted by Gasteiger charge is 2.20. The molecule has 1 heteroatoms. The van der Waals surface area contributed by atoms with Crippen LogP contribution in [0.4, 0.5) is 17.1 Å². The van der Waals surface area contributed by atoms with Crippen LogP contribution in [0.1, 0.15) is 9.60 Å². The van der Waals surface area contributed by atoms with E-state index in [-0.39, 0.29) is 64.8 Å². The molecule has 0 radical (unpaired) electrons. The van der Waals surface area contributed by atoms with Gasteiger partial charge in [-0.1, -0.05) is 206 Å². The quantitative estimate of drug-likeness (QED) is 0.139. The molecule has 0 saturated heterocycles. The van der Waals surface area contributed by atoms with Gasteiger partial charge in [0, 0.05) is 16.9 Å². The fourth-order valence-electron chi connectivity index (χ4n) is 8.53. The fourth-order valence-corrected chi connectivity index (χ4v) is 8.53. The van der Waals surface area contributed by atoms with E-state index in [0.29, 0.717) is 27.9 Å². The Balaban J connectivity index is 1.21. The number of hydrogen-bond donors (Lipinski definition) is 0. The van der Waals surface area contributed by atoms with Gasteiger partial charge >= 0.3 is 0 Å². The summed E-state index contributed by atoms with van der Waals surface area (Å²) < 4.78 is 69.4. The van der Waals surface area contributed by atoms with Crippen molar-refractivity contribution in [1.29, 1.82) is 0 Å². The second-order valence-electron chi connectivity index (χ2n) is 15.1. The van der Waals surface area contributed by atoms with Crippen molar-refractivity contribution >= 4 is 49.4 Å². The average molecular weight is 783 g/mol. The molecule has 0 aliphatic rings. The second kappa shape index (κ2) is 15.6. The highest BCUT2D eigenvalue weighted by molar-refractivity contribution is 6.14. The third kappa shape index (κ3) is 6.73. The molecule has 0 unspecified atom stereocenters. The zero-order valence-electron chi connectivity index (χ0n) is 40.1. The standard InChI is InChI=1S/C60H41N/c1-4-16-42(17-5-1)48-33-39-59(58(40-48)44-20-8-3-9-21-44)61(50-34-28-46(29-35-50)57-41-49-23-11-12-24-52(49)55-26-14-15-27-56(55)57)51-36-30-47(31-37-51)60-53-25-13-10-22-45(53)32-38-54(60)43-18-6-2-7-19-43/h1-41H/i30D,31D,33D,36D,37D,39D,40D. The summed E-state index contributed by atoms with van der Waals surface area (Å²) in [4.78, 5) is 1.57. The topological polar surface area (TPSA) is 3.24 Å². The Labute approximate surface area is 366 Å². The molecule has 0 bridgehead atoms. The molecular formula is C60H41N. The van der Waals surface area contributed by atoms with E-state index in [1.165, 1.54) is 0 Å². The van der Waals surface area contributed by atoms with Crippen molar-refractivity contribution in [3.8, 4) is 55.6 Å². The lowest BCUT2D eigenvalue weighted by molar-refractivity contribution is 1.28. The van der Waals surface area contributed by atoms with Gasteiger partial charge in [0.1, 0.15) is 0 Å². The first-order valence-corrected chi connectivity index (χ1v) is 20.4. The van der Waals surface area contributed by atoms with Gasteiger partial charge in [-0.25, -0.2) is 0 Å². The van der Waals surface area contributed by atoms with E-state index in [1.807, 2.05) is 176 Å². The van der Waals surface area contributed by atoms with E-state index in [4.69, 9.17) is 0 Å². The molecule has 11 aromatic rings. The number of benzene rings is 11. The molecule has 0 N–H and O–H groups in total. The van der Waals surface area contributed by atoms with Crippen LogP contribution in [0.3, 0.4) is 0 Å². The minimum absolute atomic E-state index is 0.00205. The van der Waals surface area contributed by atoms with E-state index in [1.54, 1.807) is 4.90 Å². The van der Waals surface area contributed by atoms with Gasteiger partial charge in [-0.2, -0.15) is 0 Å². The SMILES string of the molecule is [2H]c1c([2H])c(N(c2ccc(-c3cc4ccccc4c4ccccc34)cc2)c2c([2H])c([2H])c(-c3c(-c4ccccc4)ccc4ccccc34)c([2H])c2[2H])c(-c2ccccc2)c([2H])c1-c1ccccc1. The van der Waals surface area contributed by atoms with Crippen LogP contribution in [0.5, 0.6) is 0 Å². The molecule has 11 rings (SSSR count). The van der Waals surface area contributed by atoms with E-state index >= 15 is 0 Å². The molecule has 286 valence electrons. The van der Waals surface area contributed by atoms with Crippen LogP contribution in [0, 0.1) is 0 Å². The van der Waals surface area contributed by atoms with Gasteiger partial charge in [0.15, 0.2) is 0 Å². The fraction of sp³-hybridized carbons (Fsp3) is 0. The predicted octanol–water partition coefficient (Wildman–Crippen LogP) is 17.0. The van der Waals surface area contributed by atoms with E-state index in [2.05, 4.69) is 30.3 Å². The molecule has 0 aliphatic carbocycles. The molecular weight excluding hydrogens is 735 g/mol. The lowest BCUT2D eigenvalue weighted by Gasteiger charge is -2.29. The summed E-state index contributed by atoms with van der Waals surface area (Å²) in [5.41, 5.74) is 6.49. The first-order valence-electron chi connectivity index (χ1n) is 23.9. The van der Waals surface area contributed by atoms with Gasteiger partial charge in [0.05, 0.1) is 15.3 Å². The summed E-state index contributed by atoms with van der Waals surface area (Å²) in [7, 11) is 0. The van der Waals surface area contributed by atoms with Crippen molar-refractivity contribution in [2.24, 2.45) is 0 Å². The molecule has 0 aromatic heterocycles. The largest absolute Gasteiger partial charge is 0.310 e. The van der Waals surface area contributed by atoms with Crippen molar-refractivity contribution in [1.82, 2.24) is 0 Å². The van der Waals surface area contributed by atoms with Crippen molar-refractivity contribution in [2.45, 2.75) is 0 Å². The van der Waals surface area contributed by atoms with Crippen molar-refractivity contribution < 1.29 is 9.60 Å². The van der Waals surface area contributed by atoms with Crippen LogP contribution in [0.25, 0.3) is 88.0 Å². The molecule has 1 nitrogen and oxygen atoms in total. The van der Waals surface area contributed by atoms with Gasteiger partial charge in [-0.15, -0.1) is 0 Å². The number of hydrogen-bond acceptors (Lipinski definition) is 1. The predicted molar refractivity (Wildman–Crippen MR) is 261 cm³/mol. The first-order chi connectivity index (χ1) is 33.2. The van der Waals surface area contributed by atoms with Gasteiger partial charge in [-0.3, -0.25) is 0 Å². The molecule has 11 aromatic carbocycles. The van der Waals surface area contributed by atoms with Crippen molar-refractivity contribution in [2.75, 3.05) is 4.90 Å². The second-order valence-corrected chi connectivity index (χ2v) is 15.1. The number of anilines is 3. The lowest BCUT2D eigenvalue weighted by Crippen LogP contribution is -2.11. The third-order valence-corrected chi connectivity index (χ3v) is 11.4. The Bertz CT molecular complexity index is 3720. The Hall–Kier alpha value is -8.00. The number of nitrogens with zero attached hydrogens (tertiary/aromatic N) is 1. The molecule has 61 heavy (non-hydrogen) atoms. The molecule has 0 amide bonds. The van der Waals surface area contributed by atoms with Crippen LogP contribution in [0.2, 0.25) is 0 Å². The lowest BCUT2D eigenvalue weighted by atomic mass is 9.89. The Morgan fingerprint density at radius 2 is 0.820 bits per heavy atom. The third-order valence-electron chi connectivity index (χ3n) is 11.4. The van der Waals surface area contributed by atoms with Gasteiger partial charge in [-0.05, 0) is 125 Å². The highest BCUT2D eigenvalue weighted by atomic mass is 15.1. The maximum Gasteiger partial charge on any atom is 0.0645 e. The van der Waals surface area contributed by atoms with Crippen LogP contribution in [0.15, 0.2) is 249 Å². The normalized spacial score (nSPS) is 12.9. The number of fused-ring (bicyclic) bond motifs is 4. The van der Waals surface area contributed by atoms with Crippen molar-refractivity contribution in [3.63, 3.8) is 0 Å². The molecule has 0 aliphatic heterocycles. The van der Waals surface area contributed by atoms with E-state index < -0.39 is 0 Å². The Morgan fingerprint density at radius 3 is 1.51 bits per heavy atom. The molecule has 0 heterocycles. The summed E-state index contributed by atoms with van der Waals surface area (Å²) >= 11 is 0. The summed E-state index contributed by atoms with van der Waals surface area (Å²) in [5.74, 6) is 0. The Kier molecular flexibility index (Phi) is 7.50. The van der Waals surface area contributed by atoms with Gasteiger partial charge < -0.3 is 4.90 Å². The summed E-state index contributed by atoms with van der Waals surface area (Å²) in [6.45, 7) is 0. The Morgan fingerprint density at radius 1 is 0.295 bits per heavy atom. The van der Waals surface area contributed by atoms with Crippen LogP contribution in [-0.4, -0.2) is 0 Å². The minimum Gasteiger partial charge on any atom is -0.310 e. The van der Waals surface area contributed by atoms with E-state index in [9.17, 15) is 9.60 Å². The highest BCUT2D eigenvalue weighted by Crippen LogP contribution is 2.45. The van der Waals surface area contributed by atoms with Crippen LogP contribution < -0.4 is 4.90 Å². The molecule has 0 spiro atoms. The monoisotopic (exact) mass is 782 g/mol. The smallest absolute Gasteiger partial charge is 0.0645 e.